The van der Waals surface area contributed by atoms with E-state index in [2.05, 4.69) is 10.6 Å². The van der Waals surface area contributed by atoms with Crippen molar-refractivity contribution in [2.45, 2.75) is 34.8 Å². The van der Waals surface area contributed by atoms with Crippen molar-refractivity contribution < 1.29 is 22.7 Å². The van der Waals surface area contributed by atoms with Gasteiger partial charge in [0.05, 0.1) is 28.7 Å². The molecule has 29 heavy (non-hydrogen) atoms. The summed E-state index contributed by atoms with van der Waals surface area (Å²) in [5.74, 6) is -0.276. The van der Waals surface area contributed by atoms with Gasteiger partial charge in [-0.05, 0) is 36.8 Å². The molecule has 2 amide bonds. The molecule has 0 saturated heterocycles. The van der Waals surface area contributed by atoms with Crippen LogP contribution in [0.1, 0.15) is 19.8 Å². The van der Waals surface area contributed by atoms with E-state index in [0.29, 0.717) is 23.5 Å². The Kier molecular flexibility index (Phi) is 6.49. The lowest BCUT2D eigenvalue weighted by Crippen LogP contribution is -2.28. The minimum absolute atomic E-state index is 0.0845. The molecule has 7 nitrogen and oxygen atoms in total. The minimum atomic E-state index is -3.68. The van der Waals surface area contributed by atoms with Gasteiger partial charge in [0.15, 0.2) is 9.84 Å². The number of anilines is 2. The fourth-order valence-corrected chi connectivity index (χ4v) is 5.15. The minimum Gasteiger partial charge on any atom is -0.497 e. The Balaban J connectivity index is 1.66. The summed E-state index contributed by atoms with van der Waals surface area (Å²) in [4.78, 5) is 25.1. The predicted octanol–water partition coefficient (Wildman–Crippen LogP) is 3.32. The van der Waals surface area contributed by atoms with E-state index >= 15 is 0 Å². The number of amides is 2. The third kappa shape index (κ3) is 5.10. The van der Waals surface area contributed by atoms with Crippen LogP contribution in [0.5, 0.6) is 5.75 Å². The average Bonchev–Trinajstić information content (AvgIpc) is 2.71. The Morgan fingerprint density at radius 3 is 2.76 bits per heavy atom. The van der Waals surface area contributed by atoms with Crippen molar-refractivity contribution in [3.63, 3.8) is 0 Å². The van der Waals surface area contributed by atoms with Gasteiger partial charge in [0, 0.05) is 23.1 Å². The van der Waals surface area contributed by atoms with E-state index in [0.717, 1.165) is 4.90 Å². The van der Waals surface area contributed by atoms with E-state index in [1.807, 2.05) is 6.92 Å². The largest absolute Gasteiger partial charge is 0.497 e. The first-order valence-electron chi connectivity index (χ1n) is 9.10. The molecular formula is C20H22N2O5S2. The van der Waals surface area contributed by atoms with Crippen LogP contribution in [0.25, 0.3) is 0 Å². The molecule has 1 atom stereocenters. The number of fused-ring (bicyclic) bond motifs is 1. The number of hydrogen-bond acceptors (Lipinski definition) is 6. The van der Waals surface area contributed by atoms with Gasteiger partial charge in [-0.3, -0.25) is 9.59 Å². The summed E-state index contributed by atoms with van der Waals surface area (Å²) in [5.41, 5.74) is 1.03. The van der Waals surface area contributed by atoms with Crippen LogP contribution in [0.4, 0.5) is 11.4 Å². The molecule has 9 heteroatoms. The lowest BCUT2D eigenvalue weighted by molar-refractivity contribution is -0.116. The number of ether oxygens (including phenoxy) is 1. The molecule has 0 saturated carbocycles. The van der Waals surface area contributed by atoms with E-state index in [1.165, 1.54) is 31.0 Å². The first-order chi connectivity index (χ1) is 13.8. The summed E-state index contributed by atoms with van der Waals surface area (Å²) in [6.07, 6.45) is 0.508. The lowest BCUT2D eigenvalue weighted by atomic mass is 10.2. The van der Waals surface area contributed by atoms with Crippen LogP contribution in [0.3, 0.4) is 0 Å². The van der Waals surface area contributed by atoms with Crippen molar-refractivity contribution in [1.29, 1.82) is 0 Å². The highest BCUT2D eigenvalue weighted by atomic mass is 32.2. The Bertz CT molecular complexity index is 1040. The molecule has 1 heterocycles. The van der Waals surface area contributed by atoms with Gasteiger partial charge >= 0.3 is 0 Å². The zero-order chi connectivity index (χ0) is 21.0. The Morgan fingerprint density at radius 2 is 2.03 bits per heavy atom. The lowest BCUT2D eigenvalue weighted by Gasteiger charge is -2.23. The molecule has 2 aromatic rings. The van der Waals surface area contributed by atoms with E-state index in [9.17, 15) is 18.0 Å². The molecule has 2 aromatic carbocycles. The summed E-state index contributed by atoms with van der Waals surface area (Å²) in [6, 6.07) is 11.5. The molecule has 0 radical (unpaired) electrons. The van der Waals surface area contributed by atoms with Crippen molar-refractivity contribution in [2.24, 2.45) is 0 Å². The molecule has 0 bridgehead atoms. The van der Waals surface area contributed by atoms with E-state index in [-0.39, 0.29) is 28.2 Å². The molecule has 3 rings (SSSR count). The third-order valence-corrected chi connectivity index (χ3v) is 7.61. The van der Waals surface area contributed by atoms with Gasteiger partial charge in [-0.15, -0.1) is 11.8 Å². The smallest absolute Gasteiger partial charge is 0.237 e. The number of sulfone groups is 1. The number of benzene rings is 2. The molecule has 2 N–H and O–H groups in total. The zero-order valence-corrected chi connectivity index (χ0v) is 17.7. The molecule has 0 aromatic heterocycles. The second-order valence-electron chi connectivity index (χ2n) is 6.51. The molecule has 1 aliphatic rings. The number of thioether (sulfide) groups is 1. The van der Waals surface area contributed by atoms with Crippen molar-refractivity contribution in [3.05, 3.63) is 42.5 Å². The number of nitrogens with one attached hydrogen (secondary N) is 2. The van der Waals surface area contributed by atoms with Gasteiger partial charge < -0.3 is 15.4 Å². The van der Waals surface area contributed by atoms with Gasteiger partial charge in [0.2, 0.25) is 11.8 Å². The summed E-state index contributed by atoms with van der Waals surface area (Å²) in [6.45, 7) is 1.93. The van der Waals surface area contributed by atoms with Crippen LogP contribution in [-0.4, -0.2) is 38.3 Å². The molecule has 1 aliphatic heterocycles. The van der Waals surface area contributed by atoms with Crippen molar-refractivity contribution in [2.75, 3.05) is 23.5 Å². The fraction of sp³-hybridized carbons (Fsp3) is 0.300. The molecule has 0 aliphatic carbocycles. The van der Waals surface area contributed by atoms with Crippen molar-refractivity contribution in [1.82, 2.24) is 0 Å². The van der Waals surface area contributed by atoms with E-state index < -0.39 is 15.7 Å². The maximum absolute atomic E-state index is 12.7. The second-order valence-corrected chi connectivity index (χ2v) is 9.86. The highest BCUT2D eigenvalue weighted by Gasteiger charge is 2.27. The summed E-state index contributed by atoms with van der Waals surface area (Å²) >= 11 is 1.43. The van der Waals surface area contributed by atoms with Gasteiger partial charge in [-0.25, -0.2) is 8.42 Å². The summed E-state index contributed by atoms with van der Waals surface area (Å²) in [7, 11) is -2.15. The highest BCUT2D eigenvalue weighted by molar-refractivity contribution is 8.01. The molecule has 0 spiro atoms. The first kappa shape index (κ1) is 21.2. The van der Waals surface area contributed by atoms with Crippen LogP contribution in [0.15, 0.2) is 52.3 Å². The quantitative estimate of drug-likeness (QED) is 0.693. The third-order valence-electron chi connectivity index (χ3n) is 4.45. The van der Waals surface area contributed by atoms with Crippen LogP contribution >= 0.6 is 11.8 Å². The number of carbonyl (C=O) groups is 2. The molecule has 0 unspecified atom stereocenters. The van der Waals surface area contributed by atoms with Crippen molar-refractivity contribution >= 4 is 44.8 Å². The fourth-order valence-electron chi connectivity index (χ4n) is 2.86. The number of methoxy groups -OCH3 is 1. The standard InChI is InChI=1S/C20H22N2O5S2/c1-3-17-20(24)22-16-12-15(7-8-18(16)28-17)29(25,26)10-9-19(23)21-13-5-4-6-14(11-13)27-2/h4-8,11-12,17H,3,9-10H2,1-2H3,(H,21,23)(H,22,24)/t17-/m1/s1. The van der Waals surface area contributed by atoms with E-state index in [1.54, 1.807) is 30.3 Å². The van der Waals surface area contributed by atoms with Crippen LogP contribution in [0, 0.1) is 0 Å². The Hall–Kier alpha value is -2.52. The normalized spacial score (nSPS) is 15.9. The maximum atomic E-state index is 12.7. The molecule has 0 fully saturated rings. The highest BCUT2D eigenvalue weighted by Crippen LogP contribution is 2.38. The maximum Gasteiger partial charge on any atom is 0.237 e. The van der Waals surface area contributed by atoms with Gasteiger partial charge in [-0.1, -0.05) is 13.0 Å². The predicted molar refractivity (Wildman–Crippen MR) is 113 cm³/mol. The first-order valence-corrected chi connectivity index (χ1v) is 11.6. The SMILES string of the molecule is CC[C@H]1Sc2ccc(S(=O)(=O)CCC(=O)Nc3cccc(OC)c3)cc2NC1=O. The van der Waals surface area contributed by atoms with Gasteiger partial charge in [0.25, 0.3) is 0 Å². The summed E-state index contributed by atoms with van der Waals surface area (Å²) in [5, 5.41) is 5.25. The van der Waals surface area contributed by atoms with Crippen LogP contribution in [-0.2, 0) is 19.4 Å². The van der Waals surface area contributed by atoms with Crippen LogP contribution in [0.2, 0.25) is 0 Å². The molecular weight excluding hydrogens is 412 g/mol. The second kappa shape index (κ2) is 8.87. The van der Waals surface area contributed by atoms with Crippen LogP contribution < -0.4 is 15.4 Å². The average molecular weight is 435 g/mol. The number of rotatable bonds is 7. The number of hydrogen-bond donors (Lipinski definition) is 2. The Morgan fingerprint density at radius 1 is 1.24 bits per heavy atom. The van der Waals surface area contributed by atoms with Gasteiger partial charge in [0.1, 0.15) is 5.75 Å². The topological polar surface area (TPSA) is 102 Å². The van der Waals surface area contributed by atoms with Crippen molar-refractivity contribution in [3.8, 4) is 5.75 Å². The Labute approximate surface area is 174 Å². The number of carbonyl (C=O) groups excluding carboxylic acids is 2. The van der Waals surface area contributed by atoms with E-state index in [4.69, 9.17) is 4.74 Å². The zero-order valence-electron chi connectivity index (χ0n) is 16.1. The molecule has 154 valence electrons. The summed E-state index contributed by atoms with van der Waals surface area (Å²) < 4.78 is 30.4. The van der Waals surface area contributed by atoms with Gasteiger partial charge in [-0.2, -0.15) is 0 Å². The monoisotopic (exact) mass is 434 g/mol.